The Hall–Kier alpha value is -2.03. The Balaban J connectivity index is 0.00000320. The fraction of sp³-hybridized carbons (Fsp3) is 0.478. The second kappa shape index (κ2) is 13.3. The van der Waals surface area contributed by atoms with E-state index in [-0.39, 0.29) is 30.1 Å². The first-order valence-corrected chi connectivity index (χ1v) is 10.5. The summed E-state index contributed by atoms with van der Waals surface area (Å²) in [5.41, 5.74) is 2.25. The molecule has 1 aromatic carbocycles. The van der Waals surface area contributed by atoms with Crippen LogP contribution in [-0.4, -0.2) is 37.2 Å². The van der Waals surface area contributed by atoms with Crippen LogP contribution < -0.4 is 20.1 Å². The number of aromatic nitrogens is 1. The van der Waals surface area contributed by atoms with E-state index in [2.05, 4.69) is 34.7 Å². The molecule has 0 bridgehead atoms. The Kier molecular flexibility index (Phi) is 10.8. The number of rotatable bonds is 9. The molecule has 30 heavy (non-hydrogen) atoms. The summed E-state index contributed by atoms with van der Waals surface area (Å²) >= 11 is 0. The van der Waals surface area contributed by atoms with Gasteiger partial charge in [0.2, 0.25) is 0 Å². The Morgan fingerprint density at radius 1 is 1.17 bits per heavy atom. The van der Waals surface area contributed by atoms with Crippen LogP contribution in [0.1, 0.15) is 43.7 Å². The summed E-state index contributed by atoms with van der Waals surface area (Å²) in [6.07, 6.45) is 9.56. The van der Waals surface area contributed by atoms with Crippen molar-refractivity contribution in [1.29, 1.82) is 0 Å². The number of methoxy groups -OCH3 is 1. The van der Waals surface area contributed by atoms with Crippen molar-refractivity contribution in [1.82, 2.24) is 15.6 Å². The topological polar surface area (TPSA) is 67.8 Å². The monoisotopic (exact) mass is 524 g/mol. The number of nitrogens with one attached hydrogen (secondary N) is 2. The second-order valence-corrected chi connectivity index (χ2v) is 7.21. The van der Waals surface area contributed by atoms with Gasteiger partial charge in [-0.05, 0) is 56.7 Å². The first-order chi connectivity index (χ1) is 14.3. The molecule has 2 N–H and O–H groups in total. The molecule has 0 aliphatic heterocycles. The summed E-state index contributed by atoms with van der Waals surface area (Å²) in [7, 11) is 1.69. The van der Waals surface area contributed by atoms with Gasteiger partial charge in [-0.25, -0.2) is 4.99 Å². The summed E-state index contributed by atoms with van der Waals surface area (Å²) in [5, 5.41) is 6.71. The van der Waals surface area contributed by atoms with Crippen LogP contribution in [0.3, 0.4) is 0 Å². The third-order valence-corrected chi connectivity index (χ3v) is 5.05. The highest BCUT2D eigenvalue weighted by Gasteiger charge is 2.20. The number of hydrogen-bond acceptors (Lipinski definition) is 4. The van der Waals surface area contributed by atoms with Crippen LogP contribution in [0.5, 0.6) is 11.5 Å². The van der Waals surface area contributed by atoms with Crippen molar-refractivity contribution in [3.8, 4) is 11.5 Å². The highest BCUT2D eigenvalue weighted by atomic mass is 127. The summed E-state index contributed by atoms with van der Waals surface area (Å²) < 4.78 is 11.9. The van der Waals surface area contributed by atoms with Crippen molar-refractivity contribution < 1.29 is 9.47 Å². The average Bonchev–Trinajstić information content (AvgIpc) is 3.26. The van der Waals surface area contributed by atoms with Crippen LogP contribution in [0.25, 0.3) is 0 Å². The second-order valence-electron chi connectivity index (χ2n) is 7.21. The lowest BCUT2D eigenvalue weighted by atomic mass is 10.1. The molecule has 7 heteroatoms. The Bertz CT molecular complexity index is 780. The van der Waals surface area contributed by atoms with Crippen LogP contribution in [0, 0.1) is 0 Å². The average molecular weight is 524 g/mol. The van der Waals surface area contributed by atoms with E-state index in [1.807, 2.05) is 24.4 Å². The highest BCUT2D eigenvalue weighted by Crippen LogP contribution is 2.35. The minimum Gasteiger partial charge on any atom is -0.493 e. The zero-order valence-corrected chi connectivity index (χ0v) is 20.2. The zero-order valence-electron chi connectivity index (χ0n) is 17.9. The lowest BCUT2D eigenvalue weighted by molar-refractivity contribution is 0.198. The van der Waals surface area contributed by atoms with E-state index in [0.29, 0.717) is 6.54 Å². The zero-order chi connectivity index (χ0) is 20.3. The van der Waals surface area contributed by atoms with Gasteiger partial charge in [-0.3, -0.25) is 4.98 Å². The Morgan fingerprint density at radius 3 is 2.70 bits per heavy atom. The lowest BCUT2D eigenvalue weighted by Gasteiger charge is -2.19. The predicted octanol–water partition coefficient (Wildman–Crippen LogP) is 4.33. The van der Waals surface area contributed by atoms with Crippen molar-refractivity contribution in [2.75, 3.05) is 20.2 Å². The van der Waals surface area contributed by atoms with Crippen LogP contribution in [-0.2, 0) is 13.0 Å². The molecule has 0 atom stereocenters. The number of benzene rings is 1. The molecule has 0 spiro atoms. The van der Waals surface area contributed by atoms with E-state index in [0.717, 1.165) is 55.4 Å². The molecule has 0 radical (unpaired) electrons. The van der Waals surface area contributed by atoms with Crippen LogP contribution >= 0.6 is 24.0 Å². The van der Waals surface area contributed by atoms with Gasteiger partial charge in [-0.15, -0.1) is 24.0 Å². The minimum absolute atomic E-state index is 0. The van der Waals surface area contributed by atoms with Gasteiger partial charge in [0.25, 0.3) is 0 Å². The van der Waals surface area contributed by atoms with Gasteiger partial charge in [0.1, 0.15) is 0 Å². The van der Waals surface area contributed by atoms with Gasteiger partial charge in [0.15, 0.2) is 17.5 Å². The van der Waals surface area contributed by atoms with Crippen LogP contribution in [0.4, 0.5) is 0 Å². The van der Waals surface area contributed by atoms with Crippen molar-refractivity contribution in [3.05, 3.63) is 53.9 Å². The van der Waals surface area contributed by atoms with Gasteiger partial charge in [0.05, 0.1) is 19.8 Å². The van der Waals surface area contributed by atoms with Gasteiger partial charge in [-0.1, -0.05) is 18.2 Å². The number of halogens is 1. The molecular weight excluding hydrogens is 491 g/mol. The van der Waals surface area contributed by atoms with Crippen molar-refractivity contribution >= 4 is 29.9 Å². The van der Waals surface area contributed by atoms with Crippen molar-refractivity contribution in [2.45, 2.75) is 51.7 Å². The predicted molar refractivity (Wildman–Crippen MR) is 132 cm³/mol. The standard InChI is InChI=1S/C23H32N4O2.HI/c1-3-25-23(26-15-13-18-8-7-14-24-16-18)27-17-19-9-6-12-21(28-2)22(19)29-20-10-4-5-11-20;/h6-9,12,14,16,20H,3-5,10-11,13,15,17H2,1-2H3,(H2,25,26,27);1H. The first-order valence-electron chi connectivity index (χ1n) is 10.5. The summed E-state index contributed by atoms with van der Waals surface area (Å²) in [4.78, 5) is 8.93. The third kappa shape index (κ3) is 7.34. The molecule has 0 saturated heterocycles. The maximum atomic E-state index is 6.32. The highest BCUT2D eigenvalue weighted by molar-refractivity contribution is 14.0. The number of para-hydroxylation sites is 1. The maximum absolute atomic E-state index is 6.32. The van der Waals surface area contributed by atoms with Gasteiger partial charge in [-0.2, -0.15) is 0 Å². The van der Waals surface area contributed by atoms with E-state index in [1.165, 1.54) is 18.4 Å². The number of aliphatic imine (C=N–C) groups is 1. The van der Waals surface area contributed by atoms with E-state index >= 15 is 0 Å². The molecule has 164 valence electrons. The largest absolute Gasteiger partial charge is 0.493 e. The molecule has 0 amide bonds. The molecule has 1 aromatic heterocycles. The summed E-state index contributed by atoms with van der Waals surface area (Å²) in [5.74, 6) is 2.40. The van der Waals surface area contributed by atoms with E-state index in [1.54, 1.807) is 13.3 Å². The summed E-state index contributed by atoms with van der Waals surface area (Å²) in [6.45, 7) is 4.20. The normalized spacial score (nSPS) is 14.1. The number of ether oxygens (including phenoxy) is 2. The van der Waals surface area contributed by atoms with Gasteiger partial charge >= 0.3 is 0 Å². The van der Waals surface area contributed by atoms with E-state index in [4.69, 9.17) is 14.5 Å². The minimum atomic E-state index is 0. The Morgan fingerprint density at radius 2 is 2.00 bits per heavy atom. The molecule has 1 saturated carbocycles. The SMILES string of the molecule is CCNC(=NCc1cccc(OC)c1OC1CCCC1)NCCc1cccnc1.I. The molecule has 6 nitrogen and oxygen atoms in total. The molecule has 0 unspecified atom stereocenters. The Labute approximate surface area is 196 Å². The number of guanidine groups is 1. The van der Waals surface area contributed by atoms with Crippen molar-refractivity contribution in [2.24, 2.45) is 4.99 Å². The quantitative estimate of drug-likeness (QED) is 0.291. The fourth-order valence-electron chi connectivity index (χ4n) is 3.53. The summed E-state index contributed by atoms with van der Waals surface area (Å²) in [6, 6.07) is 10.1. The van der Waals surface area contributed by atoms with Crippen LogP contribution in [0.15, 0.2) is 47.7 Å². The molecule has 2 aromatic rings. The van der Waals surface area contributed by atoms with Gasteiger partial charge < -0.3 is 20.1 Å². The van der Waals surface area contributed by atoms with Crippen molar-refractivity contribution in [3.63, 3.8) is 0 Å². The third-order valence-electron chi connectivity index (χ3n) is 5.05. The molecule has 3 rings (SSSR count). The van der Waals surface area contributed by atoms with E-state index in [9.17, 15) is 0 Å². The molecule has 1 aliphatic carbocycles. The first kappa shape index (κ1) is 24.2. The molecule has 1 aliphatic rings. The van der Waals surface area contributed by atoms with E-state index < -0.39 is 0 Å². The molecule has 1 fully saturated rings. The lowest BCUT2D eigenvalue weighted by Crippen LogP contribution is -2.38. The number of hydrogen-bond donors (Lipinski definition) is 2. The maximum Gasteiger partial charge on any atom is 0.191 e. The number of pyridine rings is 1. The molecule has 1 heterocycles. The number of nitrogens with zero attached hydrogens (tertiary/aromatic N) is 2. The fourth-order valence-corrected chi connectivity index (χ4v) is 3.53. The molecular formula is C23H33IN4O2. The van der Waals surface area contributed by atoms with Crippen LogP contribution in [0.2, 0.25) is 0 Å². The smallest absolute Gasteiger partial charge is 0.191 e. The van der Waals surface area contributed by atoms with Gasteiger partial charge in [0, 0.05) is 31.0 Å².